The van der Waals surface area contributed by atoms with Gasteiger partial charge >= 0.3 is 39.5 Å². The molecule has 0 aromatic carbocycles. The van der Waals surface area contributed by atoms with Crippen molar-refractivity contribution in [1.29, 1.82) is 0 Å². The van der Waals surface area contributed by atoms with Crippen LogP contribution in [0.2, 0.25) is 0 Å². The number of carbonyl (C=O) groups excluding carboxylic acids is 4. The van der Waals surface area contributed by atoms with Gasteiger partial charge in [0.25, 0.3) is 0 Å². The highest BCUT2D eigenvalue weighted by Crippen LogP contribution is 2.45. The van der Waals surface area contributed by atoms with Crippen LogP contribution in [0.5, 0.6) is 0 Å². The number of aliphatic hydroxyl groups excluding tert-OH is 1. The zero-order valence-electron chi connectivity index (χ0n) is 56.9. The van der Waals surface area contributed by atoms with Gasteiger partial charge in [0.05, 0.1) is 26.4 Å². The summed E-state index contributed by atoms with van der Waals surface area (Å²) in [7, 11) is -9.89. The Morgan fingerprint density at radius 3 is 0.773 bits per heavy atom. The first kappa shape index (κ1) is 86.1. The average molecular weight is 1300 g/mol. The molecule has 2 unspecified atom stereocenters. The van der Waals surface area contributed by atoms with Gasteiger partial charge in [-0.05, 0) is 31.6 Å². The lowest BCUT2D eigenvalue weighted by Gasteiger charge is -2.21. The molecule has 0 saturated carbocycles. The van der Waals surface area contributed by atoms with E-state index in [-0.39, 0.29) is 25.7 Å². The number of hydrogen-bond donors (Lipinski definition) is 3. The quantitative estimate of drug-likeness (QED) is 0.0222. The molecule has 0 bridgehead atoms. The number of carbonyl (C=O) groups is 4. The molecular formula is C69H134O17P2. The number of unbranched alkanes of at least 4 members (excludes halogenated alkanes) is 41. The monoisotopic (exact) mass is 1300 g/mol. The van der Waals surface area contributed by atoms with Crippen LogP contribution in [0.25, 0.3) is 0 Å². The zero-order valence-corrected chi connectivity index (χ0v) is 58.6. The van der Waals surface area contributed by atoms with E-state index in [9.17, 15) is 43.2 Å². The van der Waals surface area contributed by atoms with Crippen molar-refractivity contribution in [3.05, 3.63) is 0 Å². The van der Waals surface area contributed by atoms with Gasteiger partial charge in [-0.1, -0.05) is 304 Å². The maximum absolute atomic E-state index is 13.0. The number of ether oxygens (including phenoxy) is 4. The van der Waals surface area contributed by atoms with Crippen molar-refractivity contribution in [2.45, 2.75) is 374 Å². The average Bonchev–Trinajstić information content (AvgIpc) is 3.69. The first-order valence-electron chi connectivity index (χ1n) is 36.1. The maximum atomic E-state index is 13.0. The lowest BCUT2D eigenvalue weighted by molar-refractivity contribution is -0.161. The number of rotatable bonds is 69. The van der Waals surface area contributed by atoms with E-state index in [0.29, 0.717) is 31.6 Å². The predicted molar refractivity (Wildman–Crippen MR) is 354 cm³/mol. The molecule has 522 valence electrons. The van der Waals surface area contributed by atoms with E-state index >= 15 is 0 Å². The van der Waals surface area contributed by atoms with Gasteiger partial charge in [-0.25, -0.2) is 9.13 Å². The van der Waals surface area contributed by atoms with Gasteiger partial charge in [0, 0.05) is 25.7 Å². The van der Waals surface area contributed by atoms with Gasteiger partial charge in [0.1, 0.15) is 19.3 Å². The molecule has 0 radical (unpaired) electrons. The summed E-state index contributed by atoms with van der Waals surface area (Å²) >= 11 is 0. The molecule has 0 aliphatic heterocycles. The normalized spacial score (nSPS) is 14.1. The van der Waals surface area contributed by atoms with Crippen LogP contribution in [0.1, 0.15) is 356 Å². The van der Waals surface area contributed by atoms with E-state index < -0.39 is 97.5 Å². The van der Waals surface area contributed by atoms with Crippen LogP contribution >= 0.6 is 15.6 Å². The summed E-state index contributed by atoms with van der Waals surface area (Å²) in [5, 5.41) is 10.6. The number of esters is 4. The fraction of sp³-hybridized carbons (Fsp3) is 0.942. The molecule has 0 heterocycles. The lowest BCUT2D eigenvalue weighted by Crippen LogP contribution is -2.30. The van der Waals surface area contributed by atoms with Gasteiger partial charge in [0.15, 0.2) is 12.2 Å². The lowest BCUT2D eigenvalue weighted by atomic mass is 10.0. The van der Waals surface area contributed by atoms with Crippen LogP contribution in [0.15, 0.2) is 0 Å². The third kappa shape index (κ3) is 62.8. The summed E-state index contributed by atoms with van der Waals surface area (Å²) in [6.07, 6.45) is 48.7. The second-order valence-electron chi connectivity index (χ2n) is 25.4. The van der Waals surface area contributed by atoms with Crippen molar-refractivity contribution >= 4 is 39.5 Å². The largest absolute Gasteiger partial charge is 0.472 e. The number of aliphatic hydroxyl groups is 1. The Morgan fingerprint density at radius 1 is 0.307 bits per heavy atom. The molecule has 0 fully saturated rings. The second kappa shape index (κ2) is 62.5. The third-order valence-electron chi connectivity index (χ3n) is 16.0. The van der Waals surface area contributed by atoms with Gasteiger partial charge in [-0.15, -0.1) is 0 Å². The van der Waals surface area contributed by atoms with Crippen molar-refractivity contribution in [1.82, 2.24) is 0 Å². The van der Waals surface area contributed by atoms with Gasteiger partial charge in [0.2, 0.25) is 0 Å². The van der Waals surface area contributed by atoms with E-state index in [4.69, 9.17) is 37.0 Å². The molecule has 0 rings (SSSR count). The highest BCUT2D eigenvalue weighted by Gasteiger charge is 2.30. The fourth-order valence-corrected chi connectivity index (χ4v) is 12.0. The number of phosphoric ester groups is 2. The number of hydrogen-bond acceptors (Lipinski definition) is 15. The van der Waals surface area contributed by atoms with Gasteiger partial charge < -0.3 is 33.8 Å². The van der Waals surface area contributed by atoms with Crippen LogP contribution in [-0.4, -0.2) is 96.7 Å². The minimum absolute atomic E-state index is 0.104. The fourth-order valence-electron chi connectivity index (χ4n) is 10.5. The SMILES string of the molecule is CCCCCCCCCCCCCCCCCCCC(=O)O[C@H](COC(=O)CCCCCCCCCCCCCCC)COP(=O)(O)OC[C@@H](O)COP(=O)(O)OC[C@@H](COC(=O)CCCCCCCCCC)OC(=O)CCCCCCCCCC(C)C. The summed E-state index contributed by atoms with van der Waals surface area (Å²) < 4.78 is 68.2. The van der Waals surface area contributed by atoms with E-state index in [1.807, 2.05) is 0 Å². The molecule has 3 N–H and O–H groups in total. The summed E-state index contributed by atoms with van der Waals surface area (Å²) in [5.41, 5.74) is 0. The number of phosphoric acid groups is 2. The second-order valence-corrected chi connectivity index (χ2v) is 28.3. The first-order valence-corrected chi connectivity index (χ1v) is 39.1. The molecule has 0 aliphatic carbocycles. The molecule has 5 atom stereocenters. The molecule has 0 aromatic rings. The van der Waals surface area contributed by atoms with Crippen molar-refractivity contribution in [2.24, 2.45) is 5.92 Å². The third-order valence-corrected chi connectivity index (χ3v) is 17.9. The van der Waals surface area contributed by atoms with Gasteiger partial charge in [-0.2, -0.15) is 0 Å². The van der Waals surface area contributed by atoms with Gasteiger partial charge in [-0.3, -0.25) is 37.3 Å². The molecule has 17 nitrogen and oxygen atoms in total. The highest BCUT2D eigenvalue weighted by atomic mass is 31.2. The Morgan fingerprint density at radius 2 is 0.523 bits per heavy atom. The molecule has 0 amide bonds. The summed E-state index contributed by atoms with van der Waals surface area (Å²) in [5.74, 6) is -1.43. The van der Waals surface area contributed by atoms with Crippen LogP contribution in [0.4, 0.5) is 0 Å². The standard InChI is InChI=1S/C69H134O17P2/c1-6-9-12-15-18-21-23-25-26-27-28-30-32-34-39-44-49-54-68(73)85-64(59-80-67(72)53-48-43-38-33-31-29-24-22-19-16-13-10-7-2)60-83-87(75,76)81-56-63(70)57-82-88(77,78)84-61-65(58-79-66(71)52-47-42-37-20-17-14-11-8-3)86-69(74)55-50-45-40-35-36-41-46-51-62(4)5/h62-65,70H,6-61H2,1-5H3,(H,75,76)(H,77,78)/t63-,64-,65-/m1/s1. The Kier molecular flexibility index (Phi) is 61.1. The van der Waals surface area contributed by atoms with Crippen LogP contribution in [0.3, 0.4) is 0 Å². The van der Waals surface area contributed by atoms with Crippen molar-refractivity contribution in [3.8, 4) is 0 Å². The molecule has 88 heavy (non-hydrogen) atoms. The smallest absolute Gasteiger partial charge is 0.462 e. The summed E-state index contributed by atoms with van der Waals surface area (Å²) in [6.45, 7) is 7.15. The molecule has 19 heteroatoms. The predicted octanol–water partition coefficient (Wildman–Crippen LogP) is 19.7. The van der Waals surface area contributed by atoms with E-state index in [1.165, 1.54) is 173 Å². The Bertz CT molecular complexity index is 1700. The minimum atomic E-state index is -4.95. The zero-order chi connectivity index (χ0) is 64.9. The first-order chi connectivity index (χ1) is 42.5. The van der Waals surface area contributed by atoms with Crippen LogP contribution < -0.4 is 0 Å². The Hall–Kier alpha value is -1.94. The van der Waals surface area contributed by atoms with E-state index in [2.05, 4.69) is 34.6 Å². The minimum Gasteiger partial charge on any atom is -0.462 e. The summed E-state index contributed by atoms with van der Waals surface area (Å²) in [6, 6.07) is 0. The van der Waals surface area contributed by atoms with Crippen molar-refractivity contribution < 1.29 is 80.2 Å². The molecular weight excluding hydrogens is 1160 g/mol. The van der Waals surface area contributed by atoms with Crippen molar-refractivity contribution in [2.75, 3.05) is 39.6 Å². The topological polar surface area (TPSA) is 237 Å². The van der Waals surface area contributed by atoms with Crippen molar-refractivity contribution in [3.63, 3.8) is 0 Å². The van der Waals surface area contributed by atoms with E-state index in [0.717, 1.165) is 96.3 Å². The molecule has 0 aliphatic rings. The van der Waals surface area contributed by atoms with Crippen LogP contribution in [-0.2, 0) is 65.4 Å². The molecule has 0 saturated heterocycles. The Labute approximate surface area is 537 Å². The van der Waals surface area contributed by atoms with E-state index in [1.54, 1.807) is 0 Å². The summed E-state index contributed by atoms with van der Waals surface area (Å²) in [4.78, 5) is 72.4. The van der Waals surface area contributed by atoms with Crippen LogP contribution in [0, 0.1) is 5.92 Å². The maximum Gasteiger partial charge on any atom is 0.472 e. The highest BCUT2D eigenvalue weighted by molar-refractivity contribution is 7.47. The Balaban J connectivity index is 5.21. The molecule has 0 aromatic heterocycles. The molecule has 0 spiro atoms.